The second kappa shape index (κ2) is 9.05. The maximum absolute atomic E-state index is 13.6. The quantitative estimate of drug-likeness (QED) is 0.360. The monoisotopic (exact) mass is 346 g/mol. The van der Waals surface area contributed by atoms with Gasteiger partial charge in [-0.3, -0.25) is 0 Å². The molecule has 0 aromatic carbocycles. The first-order valence-electron chi connectivity index (χ1n) is 9.50. The molecule has 2 fully saturated rings. The molecule has 4 heteroatoms. The van der Waals surface area contributed by atoms with Crippen molar-refractivity contribution in [1.82, 2.24) is 0 Å². The molecule has 0 aliphatic heterocycles. The van der Waals surface area contributed by atoms with Gasteiger partial charge in [-0.25, -0.2) is 4.39 Å². The van der Waals surface area contributed by atoms with Gasteiger partial charge in [-0.2, -0.15) is 13.2 Å². The van der Waals surface area contributed by atoms with Gasteiger partial charge in [0.05, 0.1) is 6.08 Å². The predicted octanol–water partition coefficient (Wildman–Crippen LogP) is 7.37. The van der Waals surface area contributed by atoms with Gasteiger partial charge in [0.2, 0.25) is 0 Å². The van der Waals surface area contributed by atoms with E-state index >= 15 is 0 Å². The molecule has 2 saturated carbocycles. The molecule has 0 aromatic rings. The van der Waals surface area contributed by atoms with E-state index in [-0.39, 0.29) is 6.08 Å². The van der Waals surface area contributed by atoms with Crippen LogP contribution in [-0.2, 0) is 0 Å². The average Bonchev–Trinajstić information content (AvgIpc) is 2.53. The third-order valence-electron chi connectivity index (χ3n) is 5.71. The van der Waals surface area contributed by atoms with Crippen LogP contribution in [0.2, 0.25) is 0 Å². The summed E-state index contributed by atoms with van der Waals surface area (Å²) >= 11 is 0. The van der Waals surface area contributed by atoms with E-state index in [4.69, 9.17) is 0 Å². The summed E-state index contributed by atoms with van der Waals surface area (Å²) in [7, 11) is 0. The fourth-order valence-corrected chi connectivity index (χ4v) is 4.25. The van der Waals surface area contributed by atoms with Crippen molar-refractivity contribution in [3.8, 4) is 0 Å². The maximum atomic E-state index is 13.6. The summed E-state index contributed by atoms with van der Waals surface area (Å²) in [5.41, 5.74) is 0. The lowest BCUT2D eigenvalue weighted by Gasteiger charge is -2.28. The van der Waals surface area contributed by atoms with Crippen molar-refractivity contribution in [3.63, 3.8) is 0 Å². The maximum Gasteiger partial charge on any atom is 0.412 e. The highest BCUT2D eigenvalue weighted by atomic mass is 19.4. The normalized spacial score (nSPS) is 33.1. The summed E-state index contributed by atoms with van der Waals surface area (Å²) in [4.78, 5) is 0. The Bertz CT molecular complexity index is 419. The highest BCUT2D eigenvalue weighted by molar-refractivity contribution is 5.05. The van der Waals surface area contributed by atoms with Crippen molar-refractivity contribution in [1.29, 1.82) is 0 Å². The molecule has 2 aliphatic carbocycles. The zero-order chi connectivity index (χ0) is 17.6. The molecule has 0 unspecified atom stereocenters. The van der Waals surface area contributed by atoms with Crippen LogP contribution in [0.5, 0.6) is 0 Å². The van der Waals surface area contributed by atoms with E-state index < -0.39 is 17.9 Å². The van der Waals surface area contributed by atoms with E-state index in [2.05, 4.69) is 19.1 Å². The van der Waals surface area contributed by atoms with E-state index in [9.17, 15) is 17.6 Å². The SMILES string of the molecule is CCCC1CCC(/C=C/C2CCC(/C(F)=C/C(F)(F)F)CC2)CC1. The Labute approximate surface area is 143 Å². The minimum absolute atomic E-state index is 0.164. The smallest absolute Gasteiger partial charge is 0.212 e. The van der Waals surface area contributed by atoms with Crippen LogP contribution in [0.1, 0.15) is 71.1 Å². The van der Waals surface area contributed by atoms with Gasteiger partial charge in [0.25, 0.3) is 0 Å². The van der Waals surface area contributed by atoms with E-state index in [0.717, 1.165) is 18.8 Å². The molecule has 0 bridgehead atoms. The highest BCUT2D eigenvalue weighted by Crippen LogP contribution is 2.37. The fourth-order valence-electron chi connectivity index (χ4n) is 4.25. The largest absolute Gasteiger partial charge is 0.412 e. The molecule has 0 N–H and O–H groups in total. The zero-order valence-corrected chi connectivity index (χ0v) is 14.6. The van der Waals surface area contributed by atoms with E-state index in [0.29, 0.717) is 24.7 Å². The molecule has 0 spiro atoms. The molecule has 2 aliphatic rings. The number of alkyl halides is 3. The Balaban J connectivity index is 1.72. The third kappa shape index (κ3) is 6.60. The van der Waals surface area contributed by atoms with Crippen molar-refractivity contribution in [3.05, 3.63) is 24.1 Å². The van der Waals surface area contributed by atoms with Gasteiger partial charge in [-0.15, -0.1) is 0 Å². The molecule has 24 heavy (non-hydrogen) atoms. The van der Waals surface area contributed by atoms with Crippen molar-refractivity contribution >= 4 is 0 Å². The molecule has 2 rings (SSSR count). The van der Waals surface area contributed by atoms with Crippen molar-refractivity contribution < 1.29 is 17.6 Å². The van der Waals surface area contributed by atoms with Gasteiger partial charge in [0.15, 0.2) is 0 Å². The molecule has 138 valence electrons. The van der Waals surface area contributed by atoms with Gasteiger partial charge < -0.3 is 0 Å². The minimum Gasteiger partial charge on any atom is -0.212 e. The standard InChI is InChI=1S/C20H30F4/c1-2-3-15-4-6-16(7-5-15)8-9-17-10-12-18(13-11-17)19(21)14-20(22,23)24/h8-9,14-18H,2-7,10-13H2,1H3/b9-8+,19-14-. The Kier molecular flexibility index (Phi) is 7.36. The van der Waals surface area contributed by atoms with Gasteiger partial charge in [0, 0.05) is 5.92 Å². The lowest BCUT2D eigenvalue weighted by molar-refractivity contribution is -0.0820. The van der Waals surface area contributed by atoms with Gasteiger partial charge in [-0.1, -0.05) is 31.9 Å². The number of hydrogen-bond donors (Lipinski definition) is 0. The summed E-state index contributed by atoms with van der Waals surface area (Å²) < 4.78 is 50.2. The molecule has 0 nitrogen and oxygen atoms in total. The number of rotatable bonds is 5. The molecule has 0 aromatic heterocycles. The average molecular weight is 346 g/mol. The third-order valence-corrected chi connectivity index (χ3v) is 5.71. The van der Waals surface area contributed by atoms with Crippen LogP contribution in [0.15, 0.2) is 24.1 Å². The van der Waals surface area contributed by atoms with Crippen LogP contribution >= 0.6 is 0 Å². The lowest BCUT2D eigenvalue weighted by Crippen LogP contribution is -2.16. The van der Waals surface area contributed by atoms with Crippen LogP contribution in [-0.4, -0.2) is 6.18 Å². The van der Waals surface area contributed by atoms with E-state index in [1.807, 2.05) is 0 Å². The van der Waals surface area contributed by atoms with Crippen LogP contribution in [0.4, 0.5) is 17.6 Å². The number of allylic oxidation sites excluding steroid dienone is 4. The molecular formula is C20H30F4. The highest BCUT2D eigenvalue weighted by Gasteiger charge is 2.30. The molecule has 0 heterocycles. The zero-order valence-electron chi connectivity index (χ0n) is 14.6. The molecular weight excluding hydrogens is 316 g/mol. The van der Waals surface area contributed by atoms with Crippen molar-refractivity contribution in [2.45, 2.75) is 77.3 Å². The van der Waals surface area contributed by atoms with Crippen molar-refractivity contribution in [2.75, 3.05) is 0 Å². The van der Waals surface area contributed by atoms with Crippen molar-refractivity contribution in [2.24, 2.45) is 23.7 Å². The molecule has 0 saturated heterocycles. The summed E-state index contributed by atoms with van der Waals surface area (Å²) in [6.45, 7) is 2.25. The van der Waals surface area contributed by atoms with Crippen LogP contribution in [0.3, 0.4) is 0 Å². The Morgan fingerprint density at radius 1 is 0.875 bits per heavy atom. The summed E-state index contributed by atoms with van der Waals surface area (Å²) in [5.74, 6) is 0.449. The summed E-state index contributed by atoms with van der Waals surface area (Å²) in [5, 5.41) is 0. The van der Waals surface area contributed by atoms with Gasteiger partial charge >= 0.3 is 6.18 Å². The summed E-state index contributed by atoms with van der Waals surface area (Å²) in [6.07, 6.45) is 10.3. The first-order valence-corrected chi connectivity index (χ1v) is 9.50. The van der Waals surface area contributed by atoms with Gasteiger partial charge in [-0.05, 0) is 69.1 Å². The van der Waals surface area contributed by atoms with E-state index in [1.165, 1.54) is 38.5 Å². The second-order valence-corrected chi connectivity index (χ2v) is 7.64. The first-order chi connectivity index (χ1) is 11.4. The minimum atomic E-state index is -4.54. The first kappa shape index (κ1) is 19.5. The van der Waals surface area contributed by atoms with Crippen LogP contribution in [0, 0.1) is 23.7 Å². The summed E-state index contributed by atoms with van der Waals surface area (Å²) in [6, 6.07) is 0. The molecule has 0 radical (unpaired) electrons. The Morgan fingerprint density at radius 3 is 1.83 bits per heavy atom. The second-order valence-electron chi connectivity index (χ2n) is 7.64. The molecule has 0 amide bonds. The van der Waals surface area contributed by atoms with Crippen LogP contribution in [0.25, 0.3) is 0 Å². The Morgan fingerprint density at radius 2 is 1.38 bits per heavy atom. The number of hydrogen-bond acceptors (Lipinski definition) is 0. The topological polar surface area (TPSA) is 0 Å². The van der Waals surface area contributed by atoms with E-state index in [1.54, 1.807) is 0 Å². The van der Waals surface area contributed by atoms with Crippen LogP contribution < -0.4 is 0 Å². The number of halogens is 4. The van der Waals surface area contributed by atoms with Gasteiger partial charge in [0.1, 0.15) is 5.83 Å². The predicted molar refractivity (Wildman–Crippen MR) is 90.2 cm³/mol. The lowest BCUT2D eigenvalue weighted by atomic mass is 9.78. The fraction of sp³-hybridized carbons (Fsp3) is 0.800. The Hall–Kier alpha value is -0.800. The molecule has 0 atom stereocenters.